The molecule has 0 aromatic heterocycles. The zero-order chi connectivity index (χ0) is 13.7. The van der Waals surface area contributed by atoms with Crippen LogP contribution in [0.25, 0.3) is 0 Å². The number of nitrogens with zero attached hydrogens (tertiary/aromatic N) is 1. The molecule has 1 aromatic rings. The fourth-order valence-corrected chi connectivity index (χ4v) is 1.79. The van der Waals surface area contributed by atoms with Gasteiger partial charge in [-0.3, -0.25) is 9.59 Å². The molecule has 0 atom stereocenters. The molecule has 0 aliphatic carbocycles. The molecule has 1 aromatic carbocycles. The first-order valence-electron chi connectivity index (χ1n) is 5.79. The molecule has 0 spiro atoms. The Hall–Kier alpha value is -1.49. The van der Waals surface area contributed by atoms with Crippen LogP contribution in [0.2, 0.25) is 0 Å². The van der Waals surface area contributed by atoms with Crippen LogP contribution >= 0.6 is 12.6 Å². The summed E-state index contributed by atoms with van der Waals surface area (Å²) in [7, 11) is 1.56. The average Bonchev–Trinajstić information content (AvgIpc) is 2.37. The summed E-state index contributed by atoms with van der Waals surface area (Å²) in [5, 5.41) is 2.51. The zero-order valence-corrected chi connectivity index (χ0v) is 11.8. The summed E-state index contributed by atoms with van der Waals surface area (Å²) >= 11 is 4.23. The number of likely N-dealkylation sites (N-methyl/N-ethyl adjacent to an activating group) is 2. The van der Waals surface area contributed by atoms with Gasteiger partial charge in [-0.25, -0.2) is 0 Å². The second-order valence-electron chi connectivity index (χ2n) is 3.99. The highest BCUT2D eigenvalue weighted by atomic mass is 32.1. The molecule has 0 aliphatic heterocycles. The van der Waals surface area contributed by atoms with E-state index in [2.05, 4.69) is 17.9 Å². The van der Waals surface area contributed by atoms with Crippen LogP contribution in [0.1, 0.15) is 22.8 Å². The van der Waals surface area contributed by atoms with E-state index < -0.39 is 0 Å². The Labute approximate surface area is 113 Å². The van der Waals surface area contributed by atoms with Gasteiger partial charge in [-0.2, -0.15) is 0 Å². The molecule has 0 unspecified atom stereocenters. The predicted octanol–water partition coefficient (Wildman–Crippen LogP) is 1.49. The highest BCUT2D eigenvalue weighted by Crippen LogP contribution is 2.16. The van der Waals surface area contributed by atoms with Crippen molar-refractivity contribution in [1.82, 2.24) is 10.2 Å². The molecular weight excluding hydrogens is 248 g/mol. The molecule has 4 nitrogen and oxygen atoms in total. The number of nitrogens with one attached hydrogen (secondary N) is 1. The molecule has 0 saturated carbocycles. The maximum Gasteiger partial charge on any atom is 0.254 e. The lowest BCUT2D eigenvalue weighted by Crippen LogP contribution is -2.39. The second-order valence-corrected chi connectivity index (χ2v) is 4.51. The molecule has 0 radical (unpaired) electrons. The van der Waals surface area contributed by atoms with Crippen molar-refractivity contribution in [3.05, 3.63) is 29.3 Å². The topological polar surface area (TPSA) is 49.4 Å². The third-order valence-corrected chi connectivity index (χ3v) is 3.01. The van der Waals surface area contributed by atoms with E-state index >= 15 is 0 Å². The van der Waals surface area contributed by atoms with E-state index in [-0.39, 0.29) is 18.4 Å². The summed E-state index contributed by atoms with van der Waals surface area (Å²) in [5.41, 5.74) is 1.47. The molecule has 1 N–H and O–H groups in total. The Kier molecular flexibility index (Phi) is 5.22. The molecule has 0 fully saturated rings. The SMILES string of the molecule is CCN(CC(=O)NC)C(=O)c1cc(S)ccc1C. The lowest BCUT2D eigenvalue weighted by atomic mass is 10.1. The minimum Gasteiger partial charge on any atom is -0.358 e. The third kappa shape index (κ3) is 3.50. The lowest BCUT2D eigenvalue weighted by molar-refractivity contribution is -0.121. The van der Waals surface area contributed by atoms with Crippen molar-refractivity contribution in [2.24, 2.45) is 0 Å². The summed E-state index contributed by atoms with van der Waals surface area (Å²) in [6.45, 7) is 4.28. The fourth-order valence-electron chi connectivity index (χ4n) is 1.59. The molecular formula is C13H18N2O2S. The van der Waals surface area contributed by atoms with Gasteiger partial charge in [-0.15, -0.1) is 12.6 Å². The van der Waals surface area contributed by atoms with Gasteiger partial charge in [0.05, 0.1) is 6.54 Å². The van der Waals surface area contributed by atoms with Gasteiger partial charge < -0.3 is 10.2 Å². The summed E-state index contributed by atoms with van der Waals surface area (Å²) < 4.78 is 0. The van der Waals surface area contributed by atoms with E-state index in [4.69, 9.17) is 0 Å². The predicted molar refractivity (Wildman–Crippen MR) is 74.1 cm³/mol. The number of benzene rings is 1. The van der Waals surface area contributed by atoms with Gasteiger partial charge in [0.1, 0.15) is 0 Å². The standard InChI is InChI=1S/C13H18N2O2S/c1-4-15(8-12(16)14-3)13(17)11-7-10(18)6-5-9(11)2/h5-7,18H,4,8H2,1-3H3,(H,14,16). The van der Waals surface area contributed by atoms with Crippen molar-refractivity contribution >= 4 is 24.4 Å². The van der Waals surface area contributed by atoms with Crippen LogP contribution in [0.3, 0.4) is 0 Å². The number of carbonyl (C=O) groups is 2. The fraction of sp³-hybridized carbons (Fsp3) is 0.385. The molecule has 18 heavy (non-hydrogen) atoms. The van der Waals surface area contributed by atoms with Crippen molar-refractivity contribution in [2.75, 3.05) is 20.1 Å². The van der Waals surface area contributed by atoms with Crippen LogP contribution in [0, 0.1) is 6.92 Å². The number of thiol groups is 1. The highest BCUT2D eigenvalue weighted by Gasteiger charge is 2.18. The van der Waals surface area contributed by atoms with Gasteiger partial charge in [0.25, 0.3) is 5.91 Å². The van der Waals surface area contributed by atoms with Crippen molar-refractivity contribution in [1.29, 1.82) is 0 Å². The van der Waals surface area contributed by atoms with E-state index in [1.165, 1.54) is 4.90 Å². The quantitative estimate of drug-likeness (QED) is 0.811. The lowest BCUT2D eigenvalue weighted by Gasteiger charge is -2.21. The maximum absolute atomic E-state index is 12.3. The van der Waals surface area contributed by atoms with E-state index in [1.807, 2.05) is 26.0 Å². The van der Waals surface area contributed by atoms with Gasteiger partial charge in [0, 0.05) is 24.1 Å². The van der Waals surface area contributed by atoms with E-state index in [0.29, 0.717) is 12.1 Å². The van der Waals surface area contributed by atoms with Crippen molar-refractivity contribution in [2.45, 2.75) is 18.7 Å². The Balaban J connectivity index is 2.96. The van der Waals surface area contributed by atoms with Gasteiger partial charge in [-0.1, -0.05) is 6.07 Å². The van der Waals surface area contributed by atoms with E-state index in [0.717, 1.165) is 10.5 Å². The largest absolute Gasteiger partial charge is 0.358 e. The van der Waals surface area contributed by atoms with Crippen LogP contribution in [-0.4, -0.2) is 36.9 Å². The smallest absolute Gasteiger partial charge is 0.254 e. The number of amides is 2. The Bertz CT molecular complexity index is 460. The zero-order valence-electron chi connectivity index (χ0n) is 10.9. The first-order chi connectivity index (χ1) is 8.49. The van der Waals surface area contributed by atoms with Crippen LogP contribution in [0.15, 0.2) is 23.1 Å². The number of hydrogen-bond donors (Lipinski definition) is 2. The molecule has 5 heteroatoms. The highest BCUT2D eigenvalue weighted by molar-refractivity contribution is 7.80. The van der Waals surface area contributed by atoms with Crippen molar-refractivity contribution in [3.63, 3.8) is 0 Å². The van der Waals surface area contributed by atoms with Crippen molar-refractivity contribution < 1.29 is 9.59 Å². The molecule has 0 saturated heterocycles. The molecule has 0 heterocycles. The Morgan fingerprint density at radius 2 is 2.06 bits per heavy atom. The normalized spacial score (nSPS) is 10.0. The van der Waals surface area contributed by atoms with Crippen molar-refractivity contribution in [3.8, 4) is 0 Å². The minimum absolute atomic E-state index is 0.0715. The van der Waals surface area contributed by atoms with Crippen LogP contribution in [0.5, 0.6) is 0 Å². The van der Waals surface area contributed by atoms with Gasteiger partial charge in [0.2, 0.25) is 5.91 Å². The van der Waals surface area contributed by atoms with E-state index in [1.54, 1.807) is 13.1 Å². The molecule has 98 valence electrons. The first kappa shape index (κ1) is 14.6. The summed E-state index contributed by atoms with van der Waals surface area (Å²) in [5.74, 6) is -0.320. The summed E-state index contributed by atoms with van der Waals surface area (Å²) in [6.07, 6.45) is 0. The number of aryl methyl sites for hydroxylation is 1. The number of carbonyl (C=O) groups excluding carboxylic acids is 2. The van der Waals surface area contributed by atoms with Gasteiger partial charge in [-0.05, 0) is 31.5 Å². The molecule has 2 amide bonds. The molecule has 0 aliphatic rings. The first-order valence-corrected chi connectivity index (χ1v) is 6.23. The average molecular weight is 266 g/mol. The number of hydrogen-bond acceptors (Lipinski definition) is 3. The molecule has 0 bridgehead atoms. The maximum atomic E-state index is 12.3. The summed E-state index contributed by atoms with van der Waals surface area (Å²) in [4.78, 5) is 25.9. The number of rotatable bonds is 4. The van der Waals surface area contributed by atoms with Crippen LogP contribution in [-0.2, 0) is 4.79 Å². The Morgan fingerprint density at radius 3 is 2.61 bits per heavy atom. The summed E-state index contributed by atoms with van der Waals surface area (Å²) in [6, 6.07) is 5.42. The third-order valence-electron chi connectivity index (χ3n) is 2.73. The van der Waals surface area contributed by atoms with Crippen LogP contribution in [0.4, 0.5) is 0 Å². The second kappa shape index (κ2) is 6.44. The van der Waals surface area contributed by atoms with E-state index in [9.17, 15) is 9.59 Å². The van der Waals surface area contributed by atoms with Gasteiger partial charge >= 0.3 is 0 Å². The minimum atomic E-state index is -0.176. The Morgan fingerprint density at radius 1 is 1.39 bits per heavy atom. The van der Waals surface area contributed by atoms with Gasteiger partial charge in [0.15, 0.2) is 0 Å². The molecule has 1 rings (SSSR count). The van der Waals surface area contributed by atoms with Crippen LogP contribution < -0.4 is 5.32 Å². The monoisotopic (exact) mass is 266 g/mol.